The van der Waals surface area contributed by atoms with Crippen molar-refractivity contribution in [3.63, 3.8) is 0 Å². The topological polar surface area (TPSA) is 46.3 Å². The number of hydrogen-bond acceptors (Lipinski definition) is 2. The lowest BCUT2D eigenvalue weighted by Gasteiger charge is -2.20. The van der Waals surface area contributed by atoms with E-state index in [1.807, 2.05) is 50.4 Å². The molecular weight excluding hydrogens is 248 g/mol. The number of aryl methyl sites for hydroxylation is 1. The highest BCUT2D eigenvalue weighted by molar-refractivity contribution is 5.96. The van der Waals surface area contributed by atoms with Crippen molar-refractivity contribution in [1.82, 2.24) is 4.90 Å². The lowest BCUT2D eigenvalue weighted by molar-refractivity contribution is 0.0784. The van der Waals surface area contributed by atoms with Crippen LogP contribution >= 0.6 is 0 Å². The minimum atomic E-state index is -0.00180. The van der Waals surface area contributed by atoms with Gasteiger partial charge < -0.3 is 10.6 Å². The quantitative estimate of drug-likeness (QED) is 0.869. The van der Waals surface area contributed by atoms with Gasteiger partial charge in [0, 0.05) is 24.8 Å². The molecule has 0 spiro atoms. The second-order valence-corrected chi connectivity index (χ2v) is 5.11. The van der Waals surface area contributed by atoms with E-state index >= 15 is 0 Å². The predicted octanol–water partition coefficient (Wildman–Crippen LogP) is 3.16. The Hall–Kier alpha value is -2.29. The van der Waals surface area contributed by atoms with Crippen molar-refractivity contribution < 1.29 is 4.79 Å². The smallest absolute Gasteiger partial charge is 0.254 e. The first-order valence-corrected chi connectivity index (χ1v) is 6.65. The zero-order chi connectivity index (χ0) is 14.7. The fourth-order valence-corrected chi connectivity index (χ4v) is 2.21. The SMILES string of the molecule is Cc1ccccc1CN(C)C(=O)c1cccc(N)c1C. The zero-order valence-corrected chi connectivity index (χ0v) is 12.2. The molecule has 0 radical (unpaired) electrons. The van der Waals surface area contributed by atoms with Crippen LogP contribution in [-0.2, 0) is 6.54 Å². The van der Waals surface area contributed by atoms with Gasteiger partial charge >= 0.3 is 0 Å². The van der Waals surface area contributed by atoms with E-state index in [1.165, 1.54) is 5.56 Å². The number of amides is 1. The number of anilines is 1. The van der Waals surface area contributed by atoms with Crippen molar-refractivity contribution in [2.45, 2.75) is 20.4 Å². The van der Waals surface area contributed by atoms with Crippen LogP contribution in [0.3, 0.4) is 0 Å². The lowest BCUT2D eigenvalue weighted by atomic mass is 10.0. The van der Waals surface area contributed by atoms with Gasteiger partial charge in [0.1, 0.15) is 0 Å². The summed E-state index contributed by atoms with van der Waals surface area (Å²) in [6, 6.07) is 13.5. The standard InChI is InChI=1S/C17H20N2O/c1-12-7-4-5-8-14(12)11-19(3)17(20)15-9-6-10-16(18)13(15)2/h4-10H,11,18H2,1-3H3. The molecule has 2 aromatic rings. The Kier molecular flexibility index (Phi) is 4.08. The Bertz CT molecular complexity index is 635. The van der Waals surface area contributed by atoms with Crippen LogP contribution in [0, 0.1) is 13.8 Å². The van der Waals surface area contributed by atoms with Gasteiger partial charge in [-0.1, -0.05) is 30.3 Å². The number of hydrogen-bond donors (Lipinski definition) is 1. The predicted molar refractivity (Wildman–Crippen MR) is 82.6 cm³/mol. The van der Waals surface area contributed by atoms with E-state index in [0.29, 0.717) is 17.8 Å². The van der Waals surface area contributed by atoms with Gasteiger partial charge in [0.15, 0.2) is 0 Å². The summed E-state index contributed by atoms with van der Waals surface area (Å²) in [5.74, 6) is -0.00180. The van der Waals surface area contributed by atoms with Crippen LogP contribution in [0.15, 0.2) is 42.5 Å². The second-order valence-electron chi connectivity index (χ2n) is 5.11. The molecule has 0 heterocycles. The highest BCUT2D eigenvalue weighted by Crippen LogP contribution is 2.18. The molecule has 20 heavy (non-hydrogen) atoms. The van der Waals surface area contributed by atoms with Crippen molar-refractivity contribution in [3.8, 4) is 0 Å². The Morgan fingerprint density at radius 1 is 1.10 bits per heavy atom. The average Bonchev–Trinajstić information content (AvgIpc) is 2.43. The van der Waals surface area contributed by atoms with Gasteiger partial charge in [-0.25, -0.2) is 0 Å². The van der Waals surface area contributed by atoms with Crippen LogP contribution in [0.1, 0.15) is 27.0 Å². The zero-order valence-electron chi connectivity index (χ0n) is 12.2. The number of nitrogens with zero attached hydrogens (tertiary/aromatic N) is 1. The maximum atomic E-state index is 12.5. The van der Waals surface area contributed by atoms with E-state index in [0.717, 1.165) is 11.1 Å². The molecule has 3 nitrogen and oxygen atoms in total. The third-order valence-electron chi connectivity index (χ3n) is 3.62. The number of nitrogen functional groups attached to an aromatic ring is 1. The van der Waals surface area contributed by atoms with E-state index in [4.69, 9.17) is 5.73 Å². The minimum Gasteiger partial charge on any atom is -0.398 e. The van der Waals surface area contributed by atoms with Crippen molar-refractivity contribution in [2.75, 3.05) is 12.8 Å². The molecule has 0 fully saturated rings. The Morgan fingerprint density at radius 3 is 2.50 bits per heavy atom. The van der Waals surface area contributed by atoms with Crippen LogP contribution in [0.5, 0.6) is 0 Å². The fourth-order valence-electron chi connectivity index (χ4n) is 2.21. The van der Waals surface area contributed by atoms with E-state index < -0.39 is 0 Å². The summed E-state index contributed by atoms with van der Waals surface area (Å²) in [7, 11) is 1.82. The Labute approximate surface area is 120 Å². The minimum absolute atomic E-state index is 0.00180. The van der Waals surface area contributed by atoms with Gasteiger partial charge in [0.05, 0.1) is 0 Å². The molecule has 3 heteroatoms. The second kappa shape index (κ2) is 5.78. The Balaban J connectivity index is 2.21. The third-order valence-corrected chi connectivity index (χ3v) is 3.62. The summed E-state index contributed by atoms with van der Waals surface area (Å²) >= 11 is 0. The molecule has 0 aliphatic carbocycles. The van der Waals surface area contributed by atoms with Gasteiger partial charge in [-0.3, -0.25) is 4.79 Å². The van der Waals surface area contributed by atoms with Crippen LogP contribution in [-0.4, -0.2) is 17.9 Å². The fraction of sp³-hybridized carbons (Fsp3) is 0.235. The number of benzene rings is 2. The van der Waals surface area contributed by atoms with Gasteiger partial charge in [0.25, 0.3) is 5.91 Å². The summed E-state index contributed by atoms with van der Waals surface area (Å²) in [4.78, 5) is 14.2. The largest absolute Gasteiger partial charge is 0.398 e. The molecule has 2 N–H and O–H groups in total. The van der Waals surface area contributed by atoms with Crippen molar-refractivity contribution in [2.24, 2.45) is 0 Å². The number of nitrogens with two attached hydrogens (primary N) is 1. The maximum absolute atomic E-state index is 12.5. The average molecular weight is 268 g/mol. The van der Waals surface area contributed by atoms with Crippen LogP contribution in [0.2, 0.25) is 0 Å². The molecule has 0 aliphatic rings. The van der Waals surface area contributed by atoms with E-state index in [-0.39, 0.29) is 5.91 Å². The van der Waals surface area contributed by atoms with E-state index in [2.05, 4.69) is 13.0 Å². The van der Waals surface area contributed by atoms with Gasteiger partial charge in [-0.05, 0) is 42.7 Å². The highest BCUT2D eigenvalue weighted by atomic mass is 16.2. The lowest BCUT2D eigenvalue weighted by Crippen LogP contribution is -2.27. The molecule has 0 atom stereocenters. The van der Waals surface area contributed by atoms with Crippen LogP contribution < -0.4 is 5.73 Å². The van der Waals surface area contributed by atoms with E-state index in [9.17, 15) is 4.79 Å². The molecule has 2 aromatic carbocycles. The molecule has 0 aromatic heterocycles. The molecule has 0 saturated heterocycles. The molecule has 1 amide bonds. The molecule has 0 aliphatic heterocycles. The summed E-state index contributed by atoms with van der Waals surface area (Å²) in [6.07, 6.45) is 0. The molecule has 0 bridgehead atoms. The molecule has 0 unspecified atom stereocenters. The number of rotatable bonds is 3. The third kappa shape index (κ3) is 2.82. The van der Waals surface area contributed by atoms with Crippen LogP contribution in [0.4, 0.5) is 5.69 Å². The van der Waals surface area contributed by atoms with Crippen molar-refractivity contribution >= 4 is 11.6 Å². The summed E-state index contributed by atoms with van der Waals surface area (Å²) in [6.45, 7) is 4.53. The monoisotopic (exact) mass is 268 g/mol. The first kappa shape index (κ1) is 14.1. The number of carbonyl (C=O) groups is 1. The summed E-state index contributed by atoms with van der Waals surface area (Å²) in [5, 5.41) is 0. The summed E-state index contributed by atoms with van der Waals surface area (Å²) in [5.41, 5.74) is 10.4. The van der Waals surface area contributed by atoms with Gasteiger partial charge in [0.2, 0.25) is 0 Å². The normalized spacial score (nSPS) is 10.3. The molecule has 2 rings (SSSR count). The van der Waals surface area contributed by atoms with Crippen molar-refractivity contribution in [3.05, 3.63) is 64.7 Å². The Morgan fingerprint density at radius 2 is 1.80 bits per heavy atom. The van der Waals surface area contributed by atoms with Crippen LogP contribution in [0.25, 0.3) is 0 Å². The summed E-state index contributed by atoms with van der Waals surface area (Å²) < 4.78 is 0. The number of carbonyl (C=O) groups excluding carboxylic acids is 1. The van der Waals surface area contributed by atoms with Gasteiger partial charge in [-0.2, -0.15) is 0 Å². The highest BCUT2D eigenvalue weighted by Gasteiger charge is 2.15. The first-order valence-electron chi connectivity index (χ1n) is 6.65. The van der Waals surface area contributed by atoms with Gasteiger partial charge in [-0.15, -0.1) is 0 Å². The molecule has 0 saturated carbocycles. The first-order chi connectivity index (χ1) is 9.50. The maximum Gasteiger partial charge on any atom is 0.254 e. The van der Waals surface area contributed by atoms with E-state index in [1.54, 1.807) is 4.90 Å². The molecule has 104 valence electrons. The van der Waals surface area contributed by atoms with Crippen molar-refractivity contribution in [1.29, 1.82) is 0 Å². The molecular formula is C17H20N2O.